The molecule has 0 bridgehead atoms. The van der Waals surface area contributed by atoms with Crippen molar-refractivity contribution in [1.82, 2.24) is 5.32 Å². The van der Waals surface area contributed by atoms with E-state index in [2.05, 4.69) is 10.6 Å². The summed E-state index contributed by atoms with van der Waals surface area (Å²) in [7, 11) is 1.58. The maximum atomic E-state index is 12.4. The van der Waals surface area contributed by atoms with Crippen molar-refractivity contribution in [2.24, 2.45) is 11.1 Å². The van der Waals surface area contributed by atoms with E-state index in [1.807, 2.05) is 6.92 Å². The molecule has 2 atom stereocenters. The van der Waals surface area contributed by atoms with Crippen molar-refractivity contribution in [2.75, 3.05) is 12.4 Å². The first kappa shape index (κ1) is 14.5. The van der Waals surface area contributed by atoms with Crippen LogP contribution in [0.5, 0.6) is 0 Å². The molecule has 2 unspecified atom stereocenters. The van der Waals surface area contributed by atoms with Gasteiger partial charge >= 0.3 is 0 Å². The van der Waals surface area contributed by atoms with Crippen molar-refractivity contribution in [1.29, 1.82) is 0 Å². The van der Waals surface area contributed by atoms with Gasteiger partial charge < -0.3 is 16.4 Å². The monoisotopic (exact) mass is 275 g/mol. The smallest absolute Gasteiger partial charge is 0.251 e. The van der Waals surface area contributed by atoms with Gasteiger partial charge in [0, 0.05) is 24.3 Å². The Kier molecular flexibility index (Phi) is 4.09. The molecule has 108 valence electrons. The number of hydrogen-bond donors (Lipinski definition) is 3. The largest absolute Gasteiger partial charge is 0.355 e. The lowest BCUT2D eigenvalue weighted by Crippen LogP contribution is -2.44. The zero-order chi connectivity index (χ0) is 14.8. The third kappa shape index (κ3) is 2.67. The molecule has 0 aromatic heterocycles. The second kappa shape index (κ2) is 5.63. The van der Waals surface area contributed by atoms with Gasteiger partial charge in [0.2, 0.25) is 5.91 Å². The Labute approximate surface area is 118 Å². The number of carbonyl (C=O) groups is 2. The van der Waals surface area contributed by atoms with E-state index in [0.717, 1.165) is 19.3 Å². The van der Waals surface area contributed by atoms with Gasteiger partial charge in [0.05, 0.1) is 5.41 Å². The zero-order valence-corrected chi connectivity index (χ0v) is 11.9. The van der Waals surface area contributed by atoms with Crippen LogP contribution in [0.3, 0.4) is 0 Å². The van der Waals surface area contributed by atoms with Crippen LogP contribution in [-0.4, -0.2) is 24.9 Å². The van der Waals surface area contributed by atoms with Gasteiger partial charge in [0.1, 0.15) is 0 Å². The number of rotatable bonds is 3. The first-order valence-corrected chi connectivity index (χ1v) is 6.86. The van der Waals surface area contributed by atoms with Crippen LogP contribution < -0.4 is 16.4 Å². The maximum Gasteiger partial charge on any atom is 0.251 e. The SMILES string of the molecule is CNC(=O)c1ccc(NC(=O)C2(C)CCCC2N)cc1. The van der Waals surface area contributed by atoms with E-state index in [0.29, 0.717) is 11.3 Å². The van der Waals surface area contributed by atoms with E-state index in [-0.39, 0.29) is 17.9 Å². The number of amides is 2. The summed E-state index contributed by atoms with van der Waals surface area (Å²) in [6.45, 7) is 1.92. The predicted octanol–water partition coefficient (Wildman–Crippen LogP) is 1.50. The summed E-state index contributed by atoms with van der Waals surface area (Å²) >= 11 is 0. The molecule has 0 heterocycles. The predicted molar refractivity (Wildman–Crippen MR) is 78.4 cm³/mol. The Balaban J connectivity index is 2.07. The second-order valence-electron chi connectivity index (χ2n) is 5.53. The Morgan fingerprint density at radius 1 is 1.30 bits per heavy atom. The molecular formula is C15H21N3O2. The van der Waals surface area contributed by atoms with Gasteiger partial charge in [-0.3, -0.25) is 9.59 Å². The average Bonchev–Trinajstić information content (AvgIpc) is 2.80. The summed E-state index contributed by atoms with van der Waals surface area (Å²) in [4.78, 5) is 23.8. The minimum Gasteiger partial charge on any atom is -0.355 e. The number of carbonyl (C=O) groups excluding carboxylic acids is 2. The lowest BCUT2D eigenvalue weighted by atomic mass is 9.84. The lowest BCUT2D eigenvalue weighted by molar-refractivity contribution is -0.125. The molecule has 0 radical (unpaired) electrons. The molecule has 1 aliphatic carbocycles. The number of nitrogens with two attached hydrogens (primary N) is 1. The van der Waals surface area contributed by atoms with Crippen molar-refractivity contribution < 1.29 is 9.59 Å². The summed E-state index contributed by atoms with van der Waals surface area (Å²) < 4.78 is 0. The fourth-order valence-corrected chi connectivity index (χ4v) is 2.60. The third-order valence-electron chi connectivity index (χ3n) is 4.18. The van der Waals surface area contributed by atoms with Gasteiger partial charge in [-0.1, -0.05) is 6.42 Å². The zero-order valence-electron chi connectivity index (χ0n) is 11.9. The normalized spacial score (nSPS) is 25.2. The number of hydrogen-bond acceptors (Lipinski definition) is 3. The summed E-state index contributed by atoms with van der Waals surface area (Å²) in [6, 6.07) is 6.74. The number of benzene rings is 1. The van der Waals surface area contributed by atoms with Crippen LogP contribution in [0.1, 0.15) is 36.5 Å². The van der Waals surface area contributed by atoms with Gasteiger partial charge in [-0.15, -0.1) is 0 Å². The number of nitrogens with one attached hydrogen (secondary N) is 2. The molecule has 1 aromatic rings. The highest BCUT2D eigenvalue weighted by Crippen LogP contribution is 2.37. The van der Waals surface area contributed by atoms with Crippen LogP contribution in [0.4, 0.5) is 5.69 Å². The highest BCUT2D eigenvalue weighted by molar-refractivity contribution is 5.97. The molecule has 1 saturated carbocycles. The molecule has 0 saturated heterocycles. The molecule has 0 spiro atoms. The first-order chi connectivity index (χ1) is 9.47. The van der Waals surface area contributed by atoms with Crippen LogP contribution >= 0.6 is 0 Å². The van der Waals surface area contributed by atoms with Gasteiger partial charge in [-0.25, -0.2) is 0 Å². The molecule has 1 aromatic carbocycles. The van der Waals surface area contributed by atoms with Crippen LogP contribution in [0, 0.1) is 5.41 Å². The molecule has 1 aliphatic rings. The first-order valence-electron chi connectivity index (χ1n) is 6.86. The second-order valence-corrected chi connectivity index (χ2v) is 5.53. The average molecular weight is 275 g/mol. The van der Waals surface area contributed by atoms with Crippen LogP contribution in [-0.2, 0) is 4.79 Å². The minimum absolute atomic E-state index is 0.0461. The van der Waals surface area contributed by atoms with E-state index < -0.39 is 5.41 Å². The maximum absolute atomic E-state index is 12.4. The van der Waals surface area contributed by atoms with Gasteiger partial charge in [0.15, 0.2) is 0 Å². The van der Waals surface area contributed by atoms with E-state index in [9.17, 15) is 9.59 Å². The Bertz CT molecular complexity index is 512. The fourth-order valence-electron chi connectivity index (χ4n) is 2.60. The van der Waals surface area contributed by atoms with Crippen molar-refractivity contribution in [2.45, 2.75) is 32.2 Å². The molecule has 5 nitrogen and oxygen atoms in total. The van der Waals surface area contributed by atoms with Crippen molar-refractivity contribution >= 4 is 17.5 Å². The van der Waals surface area contributed by atoms with Crippen LogP contribution in [0.2, 0.25) is 0 Å². The third-order valence-corrected chi connectivity index (χ3v) is 4.18. The highest BCUT2D eigenvalue weighted by Gasteiger charge is 2.42. The quantitative estimate of drug-likeness (QED) is 0.781. The summed E-state index contributed by atoms with van der Waals surface area (Å²) in [5.41, 5.74) is 6.78. The van der Waals surface area contributed by atoms with Gasteiger partial charge in [-0.2, -0.15) is 0 Å². The molecule has 0 aliphatic heterocycles. The minimum atomic E-state index is -0.501. The van der Waals surface area contributed by atoms with Gasteiger partial charge in [-0.05, 0) is 44.0 Å². The van der Waals surface area contributed by atoms with E-state index in [4.69, 9.17) is 5.73 Å². The summed E-state index contributed by atoms with van der Waals surface area (Å²) in [5, 5.41) is 5.44. The van der Waals surface area contributed by atoms with Crippen LogP contribution in [0.15, 0.2) is 24.3 Å². The van der Waals surface area contributed by atoms with Crippen molar-refractivity contribution in [3.05, 3.63) is 29.8 Å². The van der Waals surface area contributed by atoms with Crippen molar-refractivity contribution in [3.8, 4) is 0 Å². The van der Waals surface area contributed by atoms with Crippen molar-refractivity contribution in [3.63, 3.8) is 0 Å². The topological polar surface area (TPSA) is 84.2 Å². The Morgan fingerprint density at radius 2 is 1.95 bits per heavy atom. The molecule has 1 fully saturated rings. The van der Waals surface area contributed by atoms with Gasteiger partial charge in [0.25, 0.3) is 5.91 Å². The van der Waals surface area contributed by atoms with E-state index >= 15 is 0 Å². The van der Waals surface area contributed by atoms with E-state index in [1.165, 1.54) is 0 Å². The highest BCUT2D eigenvalue weighted by atomic mass is 16.2. The van der Waals surface area contributed by atoms with E-state index in [1.54, 1.807) is 31.3 Å². The number of anilines is 1. The molecule has 20 heavy (non-hydrogen) atoms. The Hall–Kier alpha value is -1.88. The molecular weight excluding hydrogens is 254 g/mol. The standard InChI is InChI=1S/C15H21N3O2/c1-15(9-3-4-12(15)16)14(20)18-11-7-5-10(6-8-11)13(19)17-2/h5-8,12H,3-4,9,16H2,1-2H3,(H,17,19)(H,18,20). The molecule has 4 N–H and O–H groups in total. The summed E-state index contributed by atoms with van der Waals surface area (Å²) in [6.07, 6.45) is 2.69. The lowest BCUT2D eigenvalue weighted by Gasteiger charge is -2.27. The fraction of sp³-hybridized carbons (Fsp3) is 0.467. The summed E-state index contributed by atoms with van der Waals surface area (Å²) in [5.74, 6) is -0.192. The Morgan fingerprint density at radius 3 is 2.45 bits per heavy atom. The molecule has 5 heteroatoms. The van der Waals surface area contributed by atoms with Crippen LogP contribution in [0.25, 0.3) is 0 Å². The molecule has 2 amide bonds. The molecule has 2 rings (SSSR count).